The quantitative estimate of drug-likeness (QED) is 0.802. The molecule has 148 valence electrons. The molecule has 2 aromatic rings. The number of nitrogens with two attached hydrogens (primary N) is 1. The molecule has 1 heterocycles. The van der Waals surface area contributed by atoms with Crippen LogP contribution in [0.25, 0.3) is 0 Å². The number of alkyl halides is 3. The van der Waals surface area contributed by atoms with Crippen molar-refractivity contribution in [1.82, 2.24) is 10.2 Å². The summed E-state index contributed by atoms with van der Waals surface area (Å²) in [6.45, 7) is 0. The first-order valence-corrected chi connectivity index (χ1v) is 8.65. The number of rotatable bonds is 3. The maximum Gasteiger partial charge on any atom is 0.490 e. The highest BCUT2D eigenvalue weighted by Crippen LogP contribution is 2.31. The summed E-state index contributed by atoms with van der Waals surface area (Å²) in [4.78, 5) is 8.90. The lowest BCUT2D eigenvalue weighted by atomic mass is 9.86. The zero-order chi connectivity index (χ0) is 20.0. The predicted molar refractivity (Wildman–Crippen MR) is 91.4 cm³/mol. The fraction of sp³-hybridized carbons (Fsp3) is 0.471. The summed E-state index contributed by atoms with van der Waals surface area (Å²) in [5.41, 5.74) is 7.04. The molecule has 27 heavy (non-hydrogen) atoms. The SMILES string of the molecule is N[C@H]1CC[C@H](c2nnc(Cc3ccc(Cl)cc3)o2)CC1.O=C(O)C(F)(F)F. The number of aromatic nitrogens is 2. The zero-order valence-corrected chi connectivity index (χ0v) is 15.0. The minimum absolute atomic E-state index is 0.336. The number of nitrogens with zero attached hydrogens (tertiary/aromatic N) is 2. The van der Waals surface area contributed by atoms with Crippen LogP contribution in [0.4, 0.5) is 13.2 Å². The fourth-order valence-corrected chi connectivity index (χ4v) is 2.77. The Morgan fingerprint density at radius 1 is 1.19 bits per heavy atom. The van der Waals surface area contributed by atoms with Crippen LogP contribution in [-0.4, -0.2) is 33.5 Å². The molecule has 0 aliphatic heterocycles. The molecule has 0 radical (unpaired) electrons. The largest absolute Gasteiger partial charge is 0.490 e. The van der Waals surface area contributed by atoms with Gasteiger partial charge in [-0.05, 0) is 43.4 Å². The second-order valence-electron chi connectivity index (χ2n) is 6.25. The molecule has 0 bridgehead atoms. The van der Waals surface area contributed by atoms with Crippen LogP contribution in [0, 0.1) is 0 Å². The Hall–Kier alpha value is -2.13. The third kappa shape index (κ3) is 6.84. The molecule has 1 fully saturated rings. The minimum atomic E-state index is -5.08. The first kappa shape index (κ1) is 21.2. The average Bonchev–Trinajstić information content (AvgIpc) is 3.06. The molecule has 0 saturated heterocycles. The Kier molecular flexibility index (Phi) is 7.20. The van der Waals surface area contributed by atoms with Crippen molar-refractivity contribution < 1.29 is 27.5 Å². The number of hydrogen-bond acceptors (Lipinski definition) is 5. The normalized spacial score (nSPS) is 19.9. The van der Waals surface area contributed by atoms with E-state index in [0.717, 1.165) is 42.2 Å². The number of aliphatic carboxylic acids is 1. The molecule has 1 aromatic heterocycles. The Balaban J connectivity index is 0.000000321. The first-order valence-electron chi connectivity index (χ1n) is 8.27. The van der Waals surface area contributed by atoms with E-state index < -0.39 is 12.1 Å². The lowest BCUT2D eigenvalue weighted by Gasteiger charge is -2.23. The van der Waals surface area contributed by atoms with Gasteiger partial charge in [0.05, 0.1) is 6.42 Å². The van der Waals surface area contributed by atoms with Gasteiger partial charge in [0.15, 0.2) is 0 Å². The monoisotopic (exact) mass is 405 g/mol. The van der Waals surface area contributed by atoms with E-state index in [1.807, 2.05) is 24.3 Å². The molecule has 1 saturated carbocycles. The number of benzene rings is 1. The van der Waals surface area contributed by atoms with Gasteiger partial charge in [-0.15, -0.1) is 10.2 Å². The highest BCUT2D eigenvalue weighted by atomic mass is 35.5. The average molecular weight is 406 g/mol. The molecular weight excluding hydrogens is 387 g/mol. The molecule has 6 nitrogen and oxygen atoms in total. The van der Waals surface area contributed by atoms with Crippen LogP contribution in [0.15, 0.2) is 28.7 Å². The van der Waals surface area contributed by atoms with E-state index in [9.17, 15) is 13.2 Å². The fourth-order valence-electron chi connectivity index (χ4n) is 2.65. The van der Waals surface area contributed by atoms with Crippen LogP contribution in [-0.2, 0) is 11.2 Å². The molecular formula is C17H19ClF3N3O3. The molecule has 3 rings (SSSR count). The molecule has 0 atom stereocenters. The zero-order valence-electron chi connectivity index (χ0n) is 14.2. The smallest absolute Gasteiger partial charge is 0.475 e. The van der Waals surface area contributed by atoms with E-state index in [0.29, 0.717) is 24.3 Å². The van der Waals surface area contributed by atoms with E-state index >= 15 is 0 Å². The predicted octanol–water partition coefficient (Wildman–Crippen LogP) is 3.93. The Labute approximate surface area is 158 Å². The summed E-state index contributed by atoms with van der Waals surface area (Å²) in [6, 6.07) is 8.04. The van der Waals surface area contributed by atoms with Crippen LogP contribution in [0.2, 0.25) is 5.02 Å². The first-order chi connectivity index (χ1) is 12.6. The van der Waals surface area contributed by atoms with E-state index in [-0.39, 0.29) is 0 Å². The highest BCUT2D eigenvalue weighted by Gasteiger charge is 2.38. The molecule has 10 heteroatoms. The summed E-state index contributed by atoms with van der Waals surface area (Å²) >= 11 is 5.87. The van der Waals surface area contributed by atoms with E-state index in [2.05, 4.69) is 10.2 Å². The molecule has 3 N–H and O–H groups in total. The van der Waals surface area contributed by atoms with Gasteiger partial charge in [-0.2, -0.15) is 13.2 Å². The molecule has 0 spiro atoms. The van der Waals surface area contributed by atoms with Gasteiger partial charge >= 0.3 is 12.1 Å². The van der Waals surface area contributed by atoms with Crippen molar-refractivity contribution >= 4 is 17.6 Å². The van der Waals surface area contributed by atoms with Gasteiger partial charge in [0, 0.05) is 17.0 Å². The van der Waals surface area contributed by atoms with E-state index in [1.165, 1.54) is 0 Å². The minimum Gasteiger partial charge on any atom is -0.475 e. The summed E-state index contributed by atoms with van der Waals surface area (Å²) < 4.78 is 37.5. The van der Waals surface area contributed by atoms with Gasteiger partial charge < -0.3 is 15.3 Å². The van der Waals surface area contributed by atoms with Crippen molar-refractivity contribution in [1.29, 1.82) is 0 Å². The summed E-state index contributed by atoms with van der Waals surface area (Å²) in [5.74, 6) is -0.952. The van der Waals surface area contributed by atoms with Gasteiger partial charge in [0.25, 0.3) is 0 Å². The second kappa shape index (κ2) is 9.18. The van der Waals surface area contributed by atoms with Crippen LogP contribution >= 0.6 is 11.6 Å². The summed E-state index contributed by atoms with van der Waals surface area (Å²) in [6.07, 6.45) is -0.261. The number of halogens is 4. The van der Waals surface area contributed by atoms with Gasteiger partial charge in [-0.3, -0.25) is 0 Å². The topological polar surface area (TPSA) is 102 Å². The van der Waals surface area contributed by atoms with Crippen LogP contribution < -0.4 is 5.73 Å². The second-order valence-corrected chi connectivity index (χ2v) is 6.69. The van der Waals surface area contributed by atoms with Crippen molar-refractivity contribution in [3.63, 3.8) is 0 Å². The van der Waals surface area contributed by atoms with Gasteiger partial charge in [-0.1, -0.05) is 23.7 Å². The van der Waals surface area contributed by atoms with Crippen LogP contribution in [0.5, 0.6) is 0 Å². The third-order valence-corrected chi connectivity index (χ3v) is 4.37. The number of carboxylic acid groups (broad SMARTS) is 1. The van der Waals surface area contributed by atoms with Crippen molar-refractivity contribution in [2.75, 3.05) is 0 Å². The number of carbonyl (C=O) groups is 1. The van der Waals surface area contributed by atoms with Gasteiger partial charge in [0.2, 0.25) is 11.8 Å². The highest BCUT2D eigenvalue weighted by molar-refractivity contribution is 6.30. The lowest BCUT2D eigenvalue weighted by Crippen LogP contribution is -2.25. The molecule has 0 unspecified atom stereocenters. The standard InChI is InChI=1S/C15H18ClN3O.C2HF3O2/c16-12-5-1-10(2-6-12)9-14-18-19-15(20-14)11-3-7-13(17)8-4-11;3-2(4,5)1(6)7/h1-2,5-6,11,13H,3-4,7-9,17H2;(H,6,7)/t11-,13-;. The Morgan fingerprint density at radius 3 is 2.26 bits per heavy atom. The Bertz CT molecular complexity index is 742. The third-order valence-electron chi connectivity index (χ3n) is 4.11. The van der Waals surface area contributed by atoms with Crippen molar-refractivity contribution in [3.05, 3.63) is 46.6 Å². The lowest BCUT2D eigenvalue weighted by molar-refractivity contribution is -0.192. The maximum absolute atomic E-state index is 10.6. The Morgan fingerprint density at radius 2 is 1.74 bits per heavy atom. The van der Waals surface area contributed by atoms with E-state index in [4.69, 9.17) is 31.7 Å². The summed E-state index contributed by atoms with van der Waals surface area (Å²) in [7, 11) is 0. The number of carboxylic acids is 1. The van der Waals surface area contributed by atoms with Crippen LogP contribution in [0.1, 0.15) is 48.9 Å². The van der Waals surface area contributed by atoms with Crippen molar-refractivity contribution in [2.45, 2.75) is 50.2 Å². The van der Waals surface area contributed by atoms with Gasteiger partial charge in [-0.25, -0.2) is 4.79 Å². The molecule has 1 aliphatic rings. The molecule has 1 aromatic carbocycles. The number of hydrogen-bond donors (Lipinski definition) is 2. The molecule has 0 amide bonds. The molecule has 1 aliphatic carbocycles. The summed E-state index contributed by atoms with van der Waals surface area (Å²) in [5, 5.41) is 16.2. The van der Waals surface area contributed by atoms with Crippen molar-refractivity contribution in [3.8, 4) is 0 Å². The van der Waals surface area contributed by atoms with Crippen molar-refractivity contribution in [2.24, 2.45) is 5.73 Å². The maximum atomic E-state index is 10.6. The van der Waals surface area contributed by atoms with Gasteiger partial charge in [0.1, 0.15) is 0 Å². The van der Waals surface area contributed by atoms with E-state index in [1.54, 1.807) is 0 Å². The van der Waals surface area contributed by atoms with Crippen LogP contribution in [0.3, 0.4) is 0 Å².